The van der Waals surface area contributed by atoms with E-state index in [0.29, 0.717) is 41.4 Å². The zero-order valence-corrected chi connectivity index (χ0v) is 26.7. The molecule has 0 unspecified atom stereocenters. The quantitative estimate of drug-likeness (QED) is 0.169. The van der Waals surface area contributed by atoms with E-state index in [1.807, 2.05) is 15.5 Å². The Labute approximate surface area is 279 Å². The van der Waals surface area contributed by atoms with E-state index in [9.17, 15) is 14.0 Å². The number of aromatic nitrogens is 3. The molecule has 2 bridgehead atoms. The first-order valence-corrected chi connectivity index (χ1v) is 15.7. The van der Waals surface area contributed by atoms with Crippen LogP contribution >= 0.6 is 0 Å². The number of halogens is 3. The molecule has 49 heavy (non-hydrogen) atoms. The van der Waals surface area contributed by atoms with Gasteiger partial charge in [-0.05, 0) is 72.9 Å². The van der Waals surface area contributed by atoms with Crippen molar-refractivity contribution < 1.29 is 32.2 Å². The molecular formula is C37H30F3N5O4. The maximum atomic E-state index is 15.8. The van der Waals surface area contributed by atoms with E-state index in [0.717, 1.165) is 31.0 Å². The van der Waals surface area contributed by atoms with Gasteiger partial charge >= 0.3 is 5.97 Å². The summed E-state index contributed by atoms with van der Waals surface area (Å²) in [7, 11) is 1.30. The highest BCUT2D eigenvalue weighted by atomic mass is 19.1. The van der Waals surface area contributed by atoms with Gasteiger partial charge in [0.05, 0.1) is 46.6 Å². The van der Waals surface area contributed by atoms with Crippen molar-refractivity contribution in [3.05, 3.63) is 112 Å². The van der Waals surface area contributed by atoms with Crippen LogP contribution in [0.25, 0.3) is 22.3 Å². The lowest BCUT2D eigenvalue weighted by Gasteiger charge is -2.42. The lowest BCUT2D eigenvalue weighted by Crippen LogP contribution is -2.51. The molecule has 1 saturated carbocycles. The van der Waals surface area contributed by atoms with Crippen molar-refractivity contribution in [3.8, 4) is 23.2 Å². The van der Waals surface area contributed by atoms with E-state index in [2.05, 4.69) is 4.98 Å². The number of rotatable bonds is 9. The van der Waals surface area contributed by atoms with Gasteiger partial charge < -0.3 is 18.9 Å². The van der Waals surface area contributed by atoms with Gasteiger partial charge in [0, 0.05) is 43.6 Å². The van der Waals surface area contributed by atoms with Crippen molar-refractivity contribution in [2.75, 3.05) is 13.7 Å². The molecule has 9 nitrogen and oxygen atoms in total. The molecule has 8 rings (SSSR count). The van der Waals surface area contributed by atoms with Crippen LogP contribution in [0.15, 0.2) is 66.7 Å². The summed E-state index contributed by atoms with van der Waals surface area (Å²) in [4.78, 5) is 35.9. The Hall–Kier alpha value is -5.70. The van der Waals surface area contributed by atoms with E-state index in [1.165, 1.54) is 31.4 Å². The summed E-state index contributed by atoms with van der Waals surface area (Å²) in [6, 6.07) is 17.6. The molecule has 3 aliphatic rings. The van der Waals surface area contributed by atoms with Crippen molar-refractivity contribution in [1.29, 1.82) is 5.26 Å². The topological polar surface area (TPSA) is 110 Å². The minimum Gasteiger partial charge on any atom is -0.473 e. The maximum Gasteiger partial charge on any atom is 0.337 e. The van der Waals surface area contributed by atoms with Crippen LogP contribution in [0.2, 0.25) is 0 Å². The number of esters is 1. The number of amides is 1. The number of imidazole rings is 1. The predicted octanol–water partition coefficient (Wildman–Crippen LogP) is 6.35. The van der Waals surface area contributed by atoms with E-state index >= 15 is 8.78 Å². The van der Waals surface area contributed by atoms with Crippen LogP contribution in [-0.2, 0) is 29.1 Å². The predicted molar refractivity (Wildman–Crippen MR) is 172 cm³/mol. The minimum absolute atomic E-state index is 0.0191. The van der Waals surface area contributed by atoms with Crippen LogP contribution in [0.1, 0.15) is 52.6 Å². The third-order valence-corrected chi connectivity index (χ3v) is 9.47. The Morgan fingerprint density at radius 2 is 1.78 bits per heavy atom. The molecule has 0 atom stereocenters. The van der Waals surface area contributed by atoms with Gasteiger partial charge in [-0.15, -0.1) is 0 Å². The summed E-state index contributed by atoms with van der Waals surface area (Å²) in [6.45, 7) is 2.44. The summed E-state index contributed by atoms with van der Waals surface area (Å²) in [5, 5.41) is 8.95. The Morgan fingerprint density at radius 3 is 2.51 bits per heavy atom. The highest BCUT2D eigenvalue weighted by Crippen LogP contribution is 2.52. The maximum absolute atomic E-state index is 15.8. The van der Waals surface area contributed by atoms with Gasteiger partial charge in [0.25, 0.3) is 0 Å². The molecule has 0 radical (unpaired) electrons. The fraction of sp³-hybridized carbons (Fsp3) is 0.270. The van der Waals surface area contributed by atoms with Gasteiger partial charge in [0.1, 0.15) is 29.9 Å². The minimum atomic E-state index is -0.714. The fourth-order valence-corrected chi connectivity index (χ4v) is 7.14. The second kappa shape index (κ2) is 12.4. The molecule has 5 aromatic rings. The van der Waals surface area contributed by atoms with Crippen molar-refractivity contribution >= 4 is 22.9 Å². The summed E-state index contributed by atoms with van der Waals surface area (Å²) < 4.78 is 58.3. The Morgan fingerprint density at radius 1 is 0.980 bits per heavy atom. The average molecular weight is 666 g/mol. The number of hydrogen-bond donors (Lipinski definition) is 0. The zero-order valence-electron chi connectivity index (χ0n) is 26.7. The smallest absolute Gasteiger partial charge is 0.337 e. The molecule has 3 aromatic carbocycles. The first-order valence-electron chi connectivity index (χ1n) is 15.7. The number of carbonyl (C=O) groups excluding carboxylic acids is 2. The second-order valence-corrected chi connectivity index (χ2v) is 12.6. The van der Waals surface area contributed by atoms with Crippen LogP contribution in [0.4, 0.5) is 13.2 Å². The van der Waals surface area contributed by atoms with Crippen molar-refractivity contribution in [2.24, 2.45) is 5.92 Å². The molecule has 2 saturated heterocycles. The van der Waals surface area contributed by atoms with Crippen LogP contribution in [0.3, 0.4) is 0 Å². The summed E-state index contributed by atoms with van der Waals surface area (Å²) in [5.41, 5.74) is 1.58. The van der Waals surface area contributed by atoms with E-state index < -0.39 is 29.0 Å². The van der Waals surface area contributed by atoms with Crippen molar-refractivity contribution in [1.82, 2.24) is 19.4 Å². The SMILES string of the molecule is COC(=O)c1ccc2nc(Cc3cc(F)c(-c4cccc(OCc5ccc(C#N)cc5F)n4)cc3F)n(CC34CC(CN3C(C)=O)C4)c2c1. The number of hydrogen-bond acceptors (Lipinski definition) is 7. The summed E-state index contributed by atoms with van der Waals surface area (Å²) in [6.07, 6.45) is 1.61. The van der Waals surface area contributed by atoms with Crippen LogP contribution in [0.5, 0.6) is 5.88 Å². The van der Waals surface area contributed by atoms with Gasteiger partial charge in [0.2, 0.25) is 11.8 Å². The zero-order chi connectivity index (χ0) is 34.4. The van der Waals surface area contributed by atoms with Gasteiger partial charge in [-0.1, -0.05) is 12.1 Å². The standard InChI is InChI=1S/C37H30F3N5O4/c1-21(46)45-18-23-15-37(45,16-23)20-44-33-12-24(36(47)48-2)8-9-32(33)42-34(44)13-26-11-30(40)27(14-29(26)39)31-4-3-5-35(43-31)49-19-25-7-6-22(17-41)10-28(25)38/h3-12,14,23H,13,15-16,18-20H2,1-2H3. The van der Waals surface area contributed by atoms with Crippen LogP contribution in [0, 0.1) is 34.7 Å². The van der Waals surface area contributed by atoms with E-state index in [4.69, 9.17) is 19.7 Å². The number of carbonyl (C=O) groups is 2. The fourth-order valence-electron chi connectivity index (χ4n) is 7.14. The largest absolute Gasteiger partial charge is 0.473 e. The number of nitriles is 1. The number of nitrogens with zero attached hydrogens (tertiary/aromatic N) is 5. The normalized spacial score (nSPS) is 17.9. The molecule has 4 heterocycles. The molecule has 2 aliphatic heterocycles. The molecule has 1 amide bonds. The lowest BCUT2D eigenvalue weighted by molar-refractivity contribution is -0.133. The molecule has 2 aromatic heterocycles. The summed E-state index contributed by atoms with van der Waals surface area (Å²) in [5.74, 6) is -1.57. The number of methoxy groups -OCH3 is 1. The van der Waals surface area contributed by atoms with E-state index in [-0.39, 0.29) is 52.8 Å². The average Bonchev–Trinajstić information content (AvgIpc) is 3.75. The Balaban J connectivity index is 1.18. The van der Waals surface area contributed by atoms with Gasteiger partial charge in [-0.25, -0.2) is 27.9 Å². The first kappa shape index (κ1) is 31.9. The highest BCUT2D eigenvalue weighted by Gasteiger charge is 2.57. The number of ether oxygens (including phenoxy) is 2. The molecule has 0 N–H and O–H groups in total. The van der Waals surface area contributed by atoms with Crippen LogP contribution in [-0.4, -0.2) is 50.5 Å². The third-order valence-electron chi connectivity index (χ3n) is 9.47. The van der Waals surface area contributed by atoms with Crippen molar-refractivity contribution in [3.63, 3.8) is 0 Å². The molecule has 0 spiro atoms. The number of fused-ring (bicyclic) bond motifs is 2. The molecule has 248 valence electrons. The Bertz CT molecular complexity index is 2190. The molecule has 3 fully saturated rings. The number of benzene rings is 3. The second-order valence-electron chi connectivity index (χ2n) is 12.6. The van der Waals surface area contributed by atoms with Crippen molar-refractivity contribution in [2.45, 2.75) is 44.9 Å². The molecular weight excluding hydrogens is 635 g/mol. The molecule has 12 heteroatoms. The van der Waals surface area contributed by atoms with Crippen LogP contribution < -0.4 is 4.74 Å². The van der Waals surface area contributed by atoms with Gasteiger partial charge in [-0.3, -0.25) is 4.79 Å². The third kappa shape index (κ3) is 5.86. The molecule has 1 aliphatic carbocycles. The highest BCUT2D eigenvalue weighted by molar-refractivity contribution is 5.93. The van der Waals surface area contributed by atoms with E-state index in [1.54, 1.807) is 31.2 Å². The Kier molecular flexibility index (Phi) is 8.06. The van der Waals surface area contributed by atoms with Gasteiger partial charge in [-0.2, -0.15) is 5.26 Å². The lowest BCUT2D eigenvalue weighted by atomic mass is 9.73. The first-order chi connectivity index (χ1) is 23.6. The summed E-state index contributed by atoms with van der Waals surface area (Å²) >= 11 is 0. The monoisotopic (exact) mass is 665 g/mol. The van der Waals surface area contributed by atoms with Gasteiger partial charge in [0.15, 0.2) is 0 Å². The number of pyridine rings is 1.